The van der Waals surface area contributed by atoms with Crippen molar-refractivity contribution in [3.63, 3.8) is 0 Å². The number of rotatable bonds is 6. The summed E-state index contributed by atoms with van der Waals surface area (Å²) in [5.74, 6) is -0.739. The zero-order valence-electron chi connectivity index (χ0n) is 7.92. The molecule has 0 bridgehead atoms. The van der Waals surface area contributed by atoms with Gasteiger partial charge in [0.2, 0.25) is 5.91 Å². The standard InChI is InChI=1S/C9H16N2O2/c1-2-8(7-10)9(13)11-5-3-4-6-12/h8,12H,2-6H2,1H3,(H,11,13). The second-order valence-corrected chi connectivity index (χ2v) is 2.81. The smallest absolute Gasteiger partial charge is 0.237 e. The quantitative estimate of drug-likeness (QED) is 0.588. The highest BCUT2D eigenvalue weighted by Gasteiger charge is 2.13. The highest BCUT2D eigenvalue weighted by Crippen LogP contribution is 1.99. The molecule has 2 N–H and O–H groups in total. The summed E-state index contributed by atoms with van der Waals surface area (Å²) >= 11 is 0. The molecular formula is C9H16N2O2. The molecule has 0 rings (SSSR count). The van der Waals surface area contributed by atoms with Gasteiger partial charge in [0.15, 0.2) is 0 Å². The Kier molecular flexibility index (Phi) is 6.93. The van der Waals surface area contributed by atoms with Crippen molar-refractivity contribution in [2.45, 2.75) is 26.2 Å². The lowest BCUT2D eigenvalue weighted by Crippen LogP contribution is -2.30. The zero-order valence-corrected chi connectivity index (χ0v) is 7.92. The predicted octanol–water partition coefficient (Wildman–Crippen LogP) is 0.425. The average molecular weight is 184 g/mol. The van der Waals surface area contributed by atoms with Gasteiger partial charge in [-0.1, -0.05) is 6.92 Å². The molecule has 1 unspecified atom stereocenters. The summed E-state index contributed by atoms with van der Waals surface area (Å²) in [7, 11) is 0. The molecule has 0 saturated carbocycles. The van der Waals surface area contributed by atoms with Gasteiger partial charge in [0.25, 0.3) is 0 Å². The Morgan fingerprint density at radius 3 is 2.77 bits per heavy atom. The second-order valence-electron chi connectivity index (χ2n) is 2.81. The number of nitrogens with zero attached hydrogens (tertiary/aromatic N) is 1. The molecule has 74 valence electrons. The van der Waals surface area contributed by atoms with Crippen LogP contribution in [0, 0.1) is 17.2 Å². The molecule has 13 heavy (non-hydrogen) atoms. The summed E-state index contributed by atoms with van der Waals surface area (Å²) in [6.07, 6.45) is 1.98. The highest BCUT2D eigenvalue weighted by atomic mass is 16.2. The third-order valence-corrected chi connectivity index (χ3v) is 1.76. The second kappa shape index (κ2) is 7.56. The van der Waals surface area contributed by atoms with Crippen LogP contribution in [0.4, 0.5) is 0 Å². The fourth-order valence-electron chi connectivity index (χ4n) is 0.907. The lowest BCUT2D eigenvalue weighted by Gasteiger charge is -2.06. The topological polar surface area (TPSA) is 73.1 Å². The van der Waals surface area contributed by atoms with Crippen LogP contribution in [0.25, 0.3) is 0 Å². The number of hydrogen-bond donors (Lipinski definition) is 2. The fourth-order valence-corrected chi connectivity index (χ4v) is 0.907. The normalized spacial score (nSPS) is 11.8. The van der Waals surface area contributed by atoms with E-state index in [2.05, 4.69) is 5.32 Å². The van der Waals surface area contributed by atoms with E-state index in [9.17, 15) is 4.79 Å². The Morgan fingerprint density at radius 2 is 2.31 bits per heavy atom. The monoisotopic (exact) mass is 184 g/mol. The van der Waals surface area contributed by atoms with E-state index in [1.54, 1.807) is 6.92 Å². The number of nitrogens with one attached hydrogen (secondary N) is 1. The summed E-state index contributed by atoms with van der Waals surface area (Å²) in [5, 5.41) is 19.7. The van der Waals surface area contributed by atoms with Gasteiger partial charge in [0, 0.05) is 13.2 Å². The number of hydrogen-bond acceptors (Lipinski definition) is 3. The molecule has 0 aromatic heterocycles. The first-order chi connectivity index (χ1) is 6.26. The Morgan fingerprint density at radius 1 is 1.62 bits per heavy atom. The van der Waals surface area contributed by atoms with Crippen molar-refractivity contribution in [3.8, 4) is 6.07 Å². The SMILES string of the molecule is CCC(C#N)C(=O)NCCCCO. The van der Waals surface area contributed by atoms with Crippen LogP contribution in [0.1, 0.15) is 26.2 Å². The molecule has 0 saturated heterocycles. The Labute approximate surface area is 78.6 Å². The molecule has 0 aromatic rings. The minimum Gasteiger partial charge on any atom is -0.396 e. The van der Waals surface area contributed by atoms with Crippen molar-refractivity contribution in [2.24, 2.45) is 5.92 Å². The van der Waals surface area contributed by atoms with Crippen LogP contribution in [0.5, 0.6) is 0 Å². The molecule has 4 heteroatoms. The van der Waals surface area contributed by atoms with E-state index in [0.717, 1.165) is 6.42 Å². The Balaban J connectivity index is 3.56. The van der Waals surface area contributed by atoms with E-state index in [1.807, 2.05) is 6.07 Å². The minimum atomic E-state index is -0.533. The van der Waals surface area contributed by atoms with Gasteiger partial charge in [-0.25, -0.2) is 0 Å². The first-order valence-corrected chi connectivity index (χ1v) is 4.54. The molecule has 0 aliphatic heterocycles. The maximum Gasteiger partial charge on any atom is 0.237 e. The Hall–Kier alpha value is -1.08. The van der Waals surface area contributed by atoms with Crippen LogP contribution in [-0.2, 0) is 4.79 Å². The molecule has 0 heterocycles. The lowest BCUT2D eigenvalue weighted by molar-refractivity contribution is -0.123. The van der Waals surface area contributed by atoms with Gasteiger partial charge in [-0.2, -0.15) is 5.26 Å². The molecule has 4 nitrogen and oxygen atoms in total. The third-order valence-electron chi connectivity index (χ3n) is 1.76. The molecule has 0 aromatic carbocycles. The van der Waals surface area contributed by atoms with Crippen LogP contribution in [0.15, 0.2) is 0 Å². The van der Waals surface area contributed by atoms with Gasteiger partial charge in [-0.15, -0.1) is 0 Å². The lowest BCUT2D eigenvalue weighted by atomic mass is 10.1. The number of carbonyl (C=O) groups excluding carboxylic acids is 1. The largest absolute Gasteiger partial charge is 0.396 e. The van der Waals surface area contributed by atoms with Gasteiger partial charge in [-0.3, -0.25) is 4.79 Å². The third kappa shape index (κ3) is 5.21. The van der Waals surface area contributed by atoms with E-state index in [0.29, 0.717) is 19.4 Å². The van der Waals surface area contributed by atoms with E-state index in [-0.39, 0.29) is 12.5 Å². The van der Waals surface area contributed by atoms with Crippen molar-refractivity contribution in [1.29, 1.82) is 5.26 Å². The van der Waals surface area contributed by atoms with Gasteiger partial charge < -0.3 is 10.4 Å². The van der Waals surface area contributed by atoms with Gasteiger partial charge in [0.1, 0.15) is 5.92 Å². The van der Waals surface area contributed by atoms with Crippen LogP contribution in [0.3, 0.4) is 0 Å². The predicted molar refractivity (Wildman–Crippen MR) is 48.7 cm³/mol. The maximum absolute atomic E-state index is 11.2. The zero-order chi connectivity index (χ0) is 10.1. The number of aliphatic hydroxyl groups is 1. The van der Waals surface area contributed by atoms with E-state index in [1.165, 1.54) is 0 Å². The highest BCUT2D eigenvalue weighted by molar-refractivity contribution is 5.80. The number of carbonyl (C=O) groups is 1. The van der Waals surface area contributed by atoms with Crippen LogP contribution >= 0.6 is 0 Å². The van der Waals surface area contributed by atoms with Crippen molar-refractivity contribution in [2.75, 3.05) is 13.2 Å². The van der Waals surface area contributed by atoms with Crippen LogP contribution in [0.2, 0.25) is 0 Å². The first kappa shape index (κ1) is 11.9. The van der Waals surface area contributed by atoms with E-state index < -0.39 is 5.92 Å². The summed E-state index contributed by atoms with van der Waals surface area (Å²) in [4.78, 5) is 11.2. The maximum atomic E-state index is 11.2. The van der Waals surface area contributed by atoms with E-state index in [4.69, 9.17) is 10.4 Å². The first-order valence-electron chi connectivity index (χ1n) is 4.54. The van der Waals surface area contributed by atoms with E-state index >= 15 is 0 Å². The molecule has 0 fully saturated rings. The summed E-state index contributed by atoms with van der Waals surface area (Å²) < 4.78 is 0. The summed E-state index contributed by atoms with van der Waals surface area (Å²) in [6.45, 7) is 2.49. The van der Waals surface area contributed by atoms with Crippen molar-refractivity contribution in [1.82, 2.24) is 5.32 Å². The number of aliphatic hydroxyl groups excluding tert-OH is 1. The average Bonchev–Trinajstić information content (AvgIpc) is 2.14. The Bertz CT molecular complexity index is 187. The molecule has 0 aliphatic carbocycles. The summed E-state index contributed by atoms with van der Waals surface area (Å²) in [5.41, 5.74) is 0. The van der Waals surface area contributed by atoms with Crippen molar-refractivity contribution < 1.29 is 9.90 Å². The van der Waals surface area contributed by atoms with Crippen molar-refractivity contribution >= 4 is 5.91 Å². The molecule has 1 atom stereocenters. The number of amides is 1. The fraction of sp³-hybridized carbons (Fsp3) is 0.778. The molecule has 1 amide bonds. The van der Waals surface area contributed by atoms with Gasteiger partial charge in [-0.05, 0) is 19.3 Å². The van der Waals surface area contributed by atoms with Crippen LogP contribution in [-0.4, -0.2) is 24.2 Å². The minimum absolute atomic E-state index is 0.144. The van der Waals surface area contributed by atoms with Gasteiger partial charge in [0.05, 0.1) is 6.07 Å². The summed E-state index contributed by atoms with van der Waals surface area (Å²) in [6, 6.07) is 1.93. The number of unbranched alkanes of at least 4 members (excludes halogenated alkanes) is 1. The van der Waals surface area contributed by atoms with Crippen molar-refractivity contribution in [3.05, 3.63) is 0 Å². The molecular weight excluding hydrogens is 168 g/mol. The van der Waals surface area contributed by atoms with Gasteiger partial charge >= 0.3 is 0 Å². The van der Waals surface area contributed by atoms with Crippen LogP contribution < -0.4 is 5.32 Å². The number of nitriles is 1. The molecule has 0 radical (unpaired) electrons. The molecule has 0 spiro atoms. The molecule has 0 aliphatic rings.